The third-order valence-electron chi connectivity index (χ3n) is 6.70. The Kier molecular flexibility index (Phi) is 5.26. The van der Waals surface area contributed by atoms with Crippen LogP contribution >= 0.6 is 0 Å². The van der Waals surface area contributed by atoms with Crippen LogP contribution < -0.4 is 10.2 Å². The van der Waals surface area contributed by atoms with Crippen LogP contribution in [0.1, 0.15) is 63.5 Å². The van der Waals surface area contributed by atoms with Crippen LogP contribution in [0.2, 0.25) is 0 Å². The molecule has 0 bridgehead atoms. The molecule has 3 aliphatic rings. The number of amides is 2. The lowest BCUT2D eigenvalue weighted by Crippen LogP contribution is -2.56. The summed E-state index contributed by atoms with van der Waals surface area (Å²) in [5.41, 5.74) is 7.96. The fourth-order valence-corrected chi connectivity index (χ4v) is 5.45. The third kappa shape index (κ3) is 3.49. The average molecular weight is 394 g/mol. The molecule has 1 unspecified atom stereocenters. The Balaban J connectivity index is 1.52. The first-order valence-corrected chi connectivity index (χ1v) is 10.9. The van der Waals surface area contributed by atoms with Gasteiger partial charge in [-0.05, 0) is 43.0 Å². The maximum atomic E-state index is 12.4. The molecule has 5 heteroatoms. The number of rotatable bonds is 6. The molecule has 4 rings (SSSR count). The molecule has 3 aliphatic heterocycles. The number of hydrogen-bond donors (Lipinski definition) is 1. The van der Waals surface area contributed by atoms with Crippen molar-refractivity contribution in [3.05, 3.63) is 41.6 Å². The highest BCUT2D eigenvalue weighted by Crippen LogP contribution is 2.44. The van der Waals surface area contributed by atoms with E-state index in [4.69, 9.17) is 0 Å². The second-order valence-corrected chi connectivity index (χ2v) is 8.82. The van der Waals surface area contributed by atoms with E-state index in [0.717, 1.165) is 24.4 Å². The fourth-order valence-electron chi connectivity index (χ4n) is 5.45. The molecule has 0 aromatic heterocycles. The number of nitrogens with one attached hydrogen (secondary N) is 1. The van der Waals surface area contributed by atoms with E-state index >= 15 is 0 Å². The minimum Gasteiger partial charge on any atom is -0.370 e. The van der Waals surface area contributed by atoms with Crippen molar-refractivity contribution in [2.24, 2.45) is 5.41 Å². The van der Waals surface area contributed by atoms with E-state index in [2.05, 4.69) is 59.5 Å². The van der Waals surface area contributed by atoms with Crippen molar-refractivity contribution in [3.8, 4) is 0 Å². The maximum Gasteiger partial charge on any atom is 0.249 e. The Hall–Kier alpha value is -2.52. The van der Waals surface area contributed by atoms with Crippen molar-refractivity contribution in [1.29, 1.82) is 0 Å². The van der Waals surface area contributed by atoms with E-state index in [1.807, 2.05) is 0 Å². The monoisotopic (exact) mass is 393 g/mol. The molecule has 1 atom stereocenters. The first-order valence-electron chi connectivity index (χ1n) is 10.9. The number of anilines is 1. The van der Waals surface area contributed by atoms with Gasteiger partial charge in [-0.1, -0.05) is 33.3 Å². The molecule has 1 aromatic rings. The van der Waals surface area contributed by atoms with Crippen LogP contribution in [-0.4, -0.2) is 35.8 Å². The van der Waals surface area contributed by atoms with Crippen molar-refractivity contribution in [1.82, 2.24) is 10.2 Å². The number of piperidine rings is 1. The van der Waals surface area contributed by atoms with Crippen LogP contribution in [0.25, 0.3) is 5.70 Å². The summed E-state index contributed by atoms with van der Waals surface area (Å²) in [5, 5.41) is 2.47. The number of carbonyl (C=O) groups is 2. The summed E-state index contributed by atoms with van der Waals surface area (Å²) in [6, 6.07) is 6.26. The minimum absolute atomic E-state index is 0.185. The summed E-state index contributed by atoms with van der Waals surface area (Å²) in [6.45, 7) is 11.3. The van der Waals surface area contributed by atoms with Gasteiger partial charge in [-0.15, -0.1) is 5.73 Å². The summed E-state index contributed by atoms with van der Waals surface area (Å²) >= 11 is 0. The van der Waals surface area contributed by atoms with Crippen LogP contribution in [0, 0.1) is 5.41 Å². The molecule has 1 N–H and O–H groups in total. The molecule has 1 aromatic carbocycles. The number of carbonyl (C=O) groups excluding carboxylic acids is 2. The topological polar surface area (TPSA) is 52.6 Å². The standard InChI is InChI=1S/C24H31N3O2/c1-4-11-24(12-5-2)15-26(16-24)18-7-8-19-17(13-18)14-27(20(19)6-3)21-9-10-22(28)25-23(21)29/h7-8,13,21H,3-5,9-12,14-16H2,1-2H3,(H,25,28,29). The molecule has 0 aliphatic carbocycles. The van der Waals surface area contributed by atoms with Crippen molar-refractivity contribution in [2.45, 2.75) is 65.0 Å². The van der Waals surface area contributed by atoms with Gasteiger partial charge in [-0.2, -0.15) is 0 Å². The van der Waals surface area contributed by atoms with E-state index < -0.39 is 0 Å². The molecular weight excluding hydrogens is 362 g/mol. The van der Waals surface area contributed by atoms with Gasteiger partial charge in [0.1, 0.15) is 6.04 Å². The summed E-state index contributed by atoms with van der Waals surface area (Å²) in [5.74, 6) is -0.400. The zero-order valence-electron chi connectivity index (χ0n) is 17.6. The fraction of sp³-hybridized carbons (Fsp3) is 0.542. The van der Waals surface area contributed by atoms with Gasteiger partial charge in [-0.3, -0.25) is 14.9 Å². The molecule has 2 amide bonds. The number of fused-ring (bicyclic) bond motifs is 1. The highest BCUT2D eigenvalue weighted by atomic mass is 16.2. The van der Waals surface area contributed by atoms with Crippen LogP contribution in [0.3, 0.4) is 0 Å². The average Bonchev–Trinajstić information content (AvgIpc) is 3.03. The highest BCUT2D eigenvalue weighted by molar-refractivity contribution is 6.01. The summed E-state index contributed by atoms with van der Waals surface area (Å²) < 4.78 is 0. The second kappa shape index (κ2) is 7.72. The predicted octanol–water partition coefficient (Wildman–Crippen LogP) is 3.84. The molecule has 5 nitrogen and oxygen atoms in total. The van der Waals surface area contributed by atoms with E-state index in [-0.39, 0.29) is 17.9 Å². The van der Waals surface area contributed by atoms with Gasteiger partial charge in [0.05, 0.1) is 5.70 Å². The zero-order valence-corrected chi connectivity index (χ0v) is 17.6. The number of benzene rings is 1. The summed E-state index contributed by atoms with van der Waals surface area (Å²) in [6.07, 6.45) is 6.01. The van der Waals surface area contributed by atoms with Crippen LogP contribution in [-0.2, 0) is 16.1 Å². The Morgan fingerprint density at radius 1 is 1.21 bits per heavy atom. The van der Waals surface area contributed by atoms with E-state index in [9.17, 15) is 9.59 Å². The second-order valence-electron chi connectivity index (χ2n) is 8.82. The van der Waals surface area contributed by atoms with Crippen LogP contribution in [0.15, 0.2) is 30.5 Å². The Bertz CT molecular complexity index is 870. The van der Waals surface area contributed by atoms with E-state index in [1.165, 1.54) is 36.9 Å². The summed E-state index contributed by atoms with van der Waals surface area (Å²) in [7, 11) is 0. The summed E-state index contributed by atoms with van der Waals surface area (Å²) in [4.78, 5) is 28.4. The van der Waals surface area contributed by atoms with Gasteiger partial charge in [0.15, 0.2) is 0 Å². The van der Waals surface area contributed by atoms with Gasteiger partial charge in [-0.25, -0.2) is 0 Å². The Morgan fingerprint density at radius 3 is 2.55 bits per heavy atom. The highest BCUT2D eigenvalue weighted by Gasteiger charge is 2.42. The lowest BCUT2D eigenvalue weighted by molar-refractivity contribution is -0.136. The van der Waals surface area contributed by atoms with Gasteiger partial charge >= 0.3 is 0 Å². The molecule has 3 heterocycles. The lowest BCUT2D eigenvalue weighted by atomic mass is 9.72. The number of nitrogens with zero attached hydrogens (tertiary/aromatic N) is 2. The first-order chi connectivity index (χ1) is 14.0. The number of imide groups is 1. The number of hydrogen-bond acceptors (Lipinski definition) is 4. The molecule has 154 valence electrons. The SMILES string of the molecule is C=C=C1c2ccc(N3CC(CCC)(CCC)C3)cc2CN1C1CCC(=O)NC1=O. The molecule has 29 heavy (non-hydrogen) atoms. The van der Waals surface area contributed by atoms with Gasteiger partial charge < -0.3 is 9.80 Å². The van der Waals surface area contributed by atoms with Crippen molar-refractivity contribution < 1.29 is 9.59 Å². The largest absolute Gasteiger partial charge is 0.370 e. The molecule has 2 fully saturated rings. The molecule has 2 saturated heterocycles. The van der Waals surface area contributed by atoms with Gasteiger partial charge in [0.25, 0.3) is 0 Å². The van der Waals surface area contributed by atoms with E-state index in [1.54, 1.807) is 0 Å². The quantitative estimate of drug-likeness (QED) is 0.589. The molecular formula is C24H31N3O2. The lowest BCUT2D eigenvalue weighted by Gasteiger charge is -2.52. The Morgan fingerprint density at radius 2 is 1.93 bits per heavy atom. The first kappa shape index (κ1) is 19.8. The minimum atomic E-state index is -0.335. The van der Waals surface area contributed by atoms with Gasteiger partial charge in [0.2, 0.25) is 11.8 Å². The van der Waals surface area contributed by atoms with Crippen molar-refractivity contribution in [2.75, 3.05) is 18.0 Å². The van der Waals surface area contributed by atoms with Gasteiger partial charge in [0, 0.05) is 42.7 Å². The molecule has 0 spiro atoms. The van der Waals surface area contributed by atoms with Crippen LogP contribution in [0.4, 0.5) is 5.69 Å². The van der Waals surface area contributed by atoms with Crippen LogP contribution in [0.5, 0.6) is 0 Å². The third-order valence-corrected chi connectivity index (χ3v) is 6.70. The maximum absolute atomic E-state index is 12.4. The molecule has 0 saturated carbocycles. The predicted molar refractivity (Wildman–Crippen MR) is 115 cm³/mol. The molecule has 0 radical (unpaired) electrons. The van der Waals surface area contributed by atoms with Crippen molar-refractivity contribution >= 4 is 23.2 Å². The normalized spacial score (nSPS) is 22.8. The van der Waals surface area contributed by atoms with E-state index in [0.29, 0.717) is 24.8 Å². The smallest absolute Gasteiger partial charge is 0.249 e. The van der Waals surface area contributed by atoms with Crippen molar-refractivity contribution in [3.63, 3.8) is 0 Å². The zero-order chi connectivity index (χ0) is 20.6. The Labute approximate surface area is 173 Å².